The fourth-order valence-electron chi connectivity index (χ4n) is 0.935. The van der Waals surface area contributed by atoms with E-state index in [1.165, 1.54) is 0 Å². The molecule has 1 unspecified atom stereocenters. The second kappa shape index (κ2) is 4.37. The molecule has 0 spiro atoms. The summed E-state index contributed by atoms with van der Waals surface area (Å²) in [5, 5.41) is 0. The molecule has 0 aliphatic carbocycles. The quantitative estimate of drug-likeness (QED) is 0.609. The van der Waals surface area contributed by atoms with Crippen LogP contribution in [0.2, 0.25) is 0 Å². The minimum Gasteiger partial charge on any atom is -0.375 e. The van der Waals surface area contributed by atoms with Crippen molar-refractivity contribution in [3.05, 3.63) is 12.3 Å². The molecule has 0 N–H and O–H groups in total. The first-order valence-corrected chi connectivity index (χ1v) is 3.99. The fraction of sp³-hybridized carbons (Fsp3) is 0.778. The van der Waals surface area contributed by atoms with Gasteiger partial charge in [0.2, 0.25) is 0 Å². The number of nitrogens with zero attached hydrogens (tertiary/aromatic N) is 1. The first-order valence-electron chi connectivity index (χ1n) is 3.99. The van der Waals surface area contributed by atoms with Crippen LogP contribution in [0.1, 0.15) is 20.8 Å². The summed E-state index contributed by atoms with van der Waals surface area (Å²) in [6.45, 7) is 9.98. The minimum atomic E-state index is -0.782. The van der Waals surface area contributed by atoms with Crippen molar-refractivity contribution in [1.29, 1.82) is 0 Å². The Morgan fingerprint density at radius 3 is 2.18 bits per heavy atom. The lowest BCUT2D eigenvalue weighted by Crippen LogP contribution is -2.26. The van der Waals surface area contributed by atoms with Gasteiger partial charge in [0.15, 0.2) is 0 Å². The van der Waals surface area contributed by atoms with Gasteiger partial charge in [-0.25, -0.2) is 4.39 Å². The zero-order valence-corrected chi connectivity index (χ0v) is 7.89. The number of rotatable bonds is 4. The standard InChI is InChI=1S/C9H18FN/c1-7(2)9(4)11(5)6-8(3)10/h7-8H,4,6H2,1-3,5H3. The highest BCUT2D eigenvalue weighted by Crippen LogP contribution is 2.11. The highest BCUT2D eigenvalue weighted by Gasteiger charge is 2.08. The predicted octanol–water partition coefficient (Wildman–Crippen LogP) is 2.45. The van der Waals surface area contributed by atoms with Gasteiger partial charge in [0, 0.05) is 19.3 Å². The van der Waals surface area contributed by atoms with E-state index in [0.29, 0.717) is 12.5 Å². The lowest BCUT2D eigenvalue weighted by molar-refractivity contribution is 0.257. The van der Waals surface area contributed by atoms with Crippen LogP contribution in [0.15, 0.2) is 12.3 Å². The van der Waals surface area contributed by atoms with Crippen molar-refractivity contribution in [2.45, 2.75) is 26.9 Å². The average Bonchev–Trinajstić information content (AvgIpc) is 1.84. The van der Waals surface area contributed by atoms with Crippen LogP contribution in [0.25, 0.3) is 0 Å². The van der Waals surface area contributed by atoms with Gasteiger partial charge in [0.1, 0.15) is 6.17 Å². The van der Waals surface area contributed by atoms with Crippen LogP contribution in [0.5, 0.6) is 0 Å². The summed E-state index contributed by atoms with van der Waals surface area (Å²) in [7, 11) is 1.87. The Kier molecular flexibility index (Phi) is 4.16. The smallest absolute Gasteiger partial charge is 0.115 e. The van der Waals surface area contributed by atoms with Gasteiger partial charge < -0.3 is 4.90 Å². The lowest BCUT2D eigenvalue weighted by atomic mass is 10.1. The Balaban J connectivity index is 3.83. The number of halogens is 1. The van der Waals surface area contributed by atoms with Gasteiger partial charge in [-0.15, -0.1) is 0 Å². The van der Waals surface area contributed by atoms with E-state index in [1.54, 1.807) is 6.92 Å². The van der Waals surface area contributed by atoms with Crippen molar-refractivity contribution < 1.29 is 4.39 Å². The first-order chi connectivity index (χ1) is 4.95. The molecule has 0 aromatic heterocycles. The maximum absolute atomic E-state index is 12.5. The molecule has 0 rings (SSSR count). The normalized spacial score (nSPS) is 13.3. The van der Waals surface area contributed by atoms with Crippen LogP contribution in [-0.4, -0.2) is 24.7 Å². The third-order valence-corrected chi connectivity index (χ3v) is 1.68. The summed E-state index contributed by atoms with van der Waals surface area (Å²) >= 11 is 0. The van der Waals surface area contributed by atoms with Crippen LogP contribution in [0, 0.1) is 5.92 Å². The average molecular weight is 159 g/mol. The Bertz CT molecular complexity index is 130. The Labute approximate surface area is 68.9 Å². The van der Waals surface area contributed by atoms with Gasteiger partial charge in [-0.2, -0.15) is 0 Å². The van der Waals surface area contributed by atoms with Crippen LogP contribution in [-0.2, 0) is 0 Å². The van der Waals surface area contributed by atoms with Crippen LogP contribution in [0.4, 0.5) is 4.39 Å². The van der Waals surface area contributed by atoms with Crippen molar-refractivity contribution >= 4 is 0 Å². The van der Waals surface area contributed by atoms with Gasteiger partial charge in [-0.3, -0.25) is 0 Å². The molecule has 1 nitrogen and oxygen atoms in total. The van der Waals surface area contributed by atoms with E-state index in [-0.39, 0.29) is 0 Å². The number of alkyl halides is 1. The molecule has 0 heterocycles. The zero-order valence-electron chi connectivity index (χ0n) is 7.89. The maximum Gasteiger partial charge on any atom is 0.115 e. The number of hydrogen-bond donors (Lipinski definition) is 0. The molecule has 0 fully saturated rings. The molecule has 0 amide bonds. The van der Waals surface area contributed by atoms with Crippen molar-refractivity contribution in [2.24, 2.45) is 5.92 Å². The Morgan fingerprint density at radius 2 is 1.91 bits per heavy atom. The molecular weight excluding hydrogens is 141 g/mol. The van der Waals surface area contributed by atoms with E-state index in [4.69, 9.17) is 0 Å². The van der Waals surface area contributed by atoms with Crippen LogP contribution >= 0.6 is 0 Å². The minimum absolute atomic E-state index is 0.402. The molecule has 1 atom stereocenters. The number of hydrogen-bond acceptors (Lipinski definition) is 1. The van der Waals surface area contributed by atoms with Gasteiger partial charge in [0.25, 0.3) is 0 Å². The molecule has 0 bridgehead atoms. The van der Waals surface area contributed by atoms with Gasteiger partial charge in [-0.1, -0.05) is 20.4 Å². The third-order valence-electron chi connectivity index (χ3n) is 1.68. The summed E-state index contributed by atoms with van der Waals surface area (Å²) < 4.78 is 12.5. The molecule has 66 valence electrons. The van der Waals surface area contributed by atoms with E-state index in [1.807, 2.05) is 11.9 Å². The van der Waals surface area contributed by atoms with E-state index >= 15 is 0 Å². The molecule has 0 saturated heterocycles. The second-order valence-electron chi connectivity index (χ2n) is 3.31. The van der Waals surface area contributed by atoms with E-state index in [9.17, 15) is 4.39 Å². The van der Waals surface area contributed by atoms with Crippen molar-refractivity contribution in [3.8, 4) is 0 Å². The summed E-state index contributed by atoms with van der Waals surface area (Å²) in [5.41, 5.74) is 0.995. The first kappa shape index (κ1) is 10.5. The van der Waals surface area contributed by atoms with E-state index in [2.05, 4.69) is 20.4 Å². The molecule has 11 heavy (non-hydrogen) atoms. The van der Waals surface area contributed by atoms with E-state index < -0.39 is 6.17 Å². The molecule has 0 radical (unpaired) electrons. The fourth-order valence-corrected chi connectivity index (χ4v) is 0.935. The Morgan fingerprint density at radius 1 is 1.45 bits per heavy atom. The molecule has 0 aromatic rings. The number of allylic oxidation sites excluding steroid dienone is 1. The molecular formula is C9H18FN. The van der Waals surface area contributed by atoms with Crippen molar-refractivity contribution in [1.82, 2.24) is 4.90 Å². The molecule has 0 aromatic carbocycles. The van der Waals surface area contributed by atoms with Crippen molar-refractivity contribution in [3.63, 3.8) is 0 Å². The highest BCUT2D eigenvalue weighted by molar-refractivity contribution is 4.95. The highest BCUT2D eigenvalue weighted by atomic mass is 19.1. The molecule has 0 saturated carbocycles. The van der Waals surface area contributed by atoms with Gasteiger partial charge in [-0.05, 0) is 12.8 Å². The largest absolute Gasteiger partial charge is 0.375 e. The second-order valence-corrected chi connectivity index (χ2v) is 3.31. The summed E-state index contributed by atoms with van der Waals surface area (Å²) in [5.74, 6) is 0.402. The summed E-state index contributed by atoms with van der Waals surface area (Å²) in [6.07, 6.45) is -0.782. The predicted molar refractivity (Wildman–Crippen MR) is 47.2 cm³/mol. The summed E-state index contributed by atoms with van der Waals surface area (Å²) in [4.78, 5) is 1.87. The van der Waals surface area contributed by atoms with E-state index in [0.717, 1.165) is 5.70 Å². The third kappa shape index (κ3) is 4.02. The SMILES string of the molecule is C=C(C(C)C)N(C)CC(C)F. The summed E-state index contributed by atoms with van der Waals surface area (Å²) in [6, 6.07) is 0. The zero-order chi connectivity index (χ0) is 9.02. The monoisotopic (exact) mass is 159 g/mol. The van der Waals surface area contributed by atoms with Gasteiger partial charge in [0.05, 0.1) is 0 Å². The maximum atomic E-state index is 12.5. The lowest BCUT2D eigenvalue weighted by Gasteiger charge is -2.24. The molecule has 0 aliphatic rings. The Hall–Kier alpha value is -0.530. The van der Waals surface area contributed by atoms with Crippen LogP contribution < -0.4 is 0 Å². The van der Waals surface area contributed by atoms with Crippen LogP contribution in [0.3, 0.4) is 0 Å². The molecule has 0 aliphatic heterocycles. The topological polar surface area (TPSA) is 3.24 Å². The van der Waals surface area contributed by atoms with Crippen molar-refractivity contribution in [2.75, 3.05) is 13.6 Å². The van der Waals surface area contributed by atoms with Gasteiger partial charge >= 0.3 is 0 Å². The molecule has 2 heteroatoms.